The molecule has 3 rings (SSSR count). The molecule has 2 aliphatic carbocycles. The molecule has 0 spiro atoms. The summed E-state index contributed by atoms with van der Waals surface area (Å²) in [5.41, 5.74) is -1.03. The number of rotatable bonds is 4. The van der Waals surface area contributed by atoms with Crippen LogP contribution in [0.1, 0.15) is 67.2 Å². The van der Waals surface area contributed by atoms with Crippen LogP contribution in [0.4, 0.5) is 4.39 Å². The Balaban J connectivity index is 1.42. The summed E-state index contributed by atoms with van der Waals surface area (Å²) >= 11 is 0. The van der Waals surface area contributed by atoms with Gasteiger partial charge in [-0.05, 0) is 85.0 Å². The number of hydrogen-bond donors (Lipinski definition) is 0. The van der Waals surface area contributed by atoms with Crippen molar-refractivity contribution in [2.75, 3.05) is 39.3 Å². The van der Waals surface area contributed by atoms with Gasteiger partial charge in [-0.1, -0.05) is 0 Å². The van der Waals surface area contributed by atoms with Crippen molar-refractivity contribution in [1.29, 1.82) is 0 Å². The Labute approximate surface area is 160 Å². The lowest BCUT2D eigenvalue weighted by atomic mass is 9.95. The Morgan fingerprint density at radius 2 is 1.46 bits per heavy atom. The lowest BCUT2D eigenvalue weighted by Gasteiger charge is -2.43. The first-order chi connectivity index (χ1) is 11.9. The maximum Gasteiger partial charge on any atom is 0.134 e. The molecule has 0 aromatic heterocycles. The third kappa shape index (κ3) is 5.20. The van der Waals surface area contributed by atoms with Crippen LogP contribution in [0.2, 0.25) is 0 Å². The normalized spacial score (nSPS) is 37.3. The first-order valence-corrected chi connectivity index (χ1v) is 10.7. The molecule has 2 atom stereocenters. The molecule has 0 aromatic rings. The third-order valence-corrected chi connectivity index (χ3v) is 6.80. The molecule has 26 heavy (non-hydrogen) atoms. The van der Waals surface area contributed by atoms with Crippen molar-refractivity contribution in [3.05, 3.63) is 0 Å². The van der Waals surface area contributed by atoms with Crippen LogP contribution in [0.25, 0.3) is 0 Å². The second-order valence-electron chi connectivity index (χ2n) is 11.3. The zero-order valence-corrected chi connectivity index (χ0v) is 18.0. The fourth-order valence-electron chi connectivity index (χ4n) is 5.44. The number of nitrogens with zero attached hydrogens (tertiary/aromatic N) is 2. The Morgan fingerprint density at radius 1 is 0.923 bits per heavy atom. The topological polar surface area (TPSA) is 15.7 Å². The van der Waals surface area contributed by atoms with Crippen molar-refractivity contribution < 1.29 is 9.13 Å². The average molecular weight is 369 g/mol. The van der Waals surface area contributed by atoms with E-state index >= 15 is 4.39 Å². The largest absolute Gasteiger partial charge is 0.373 e. The fraction of sp³-hybridized carbons (Fsp3) is 1.00. The van der Waals surface area contributed by atoms with Gasteiger partial charge in [0.05, 0.1) is 12.2 Å². The summed E-state index contributed by atoms with van der Waals surface area (Å²) in [7, 11) is 0. The van der Waals surface area contributed by atoms with Gasteiger partial charge in [-0.2, -0.15) is 0 Å². The average Bonchev–Trinajstić information content (AvgIpc) is 2.99. The molecule has 3 aliphatic rings. The molecule has 3 nitrogen and oxygen atoms in total. The van der Waals surface area contributed by atoms with Gasteiger partial charge in [-0.15, -0.1) is 0 Å². The Morgan fingerprint density at radius 3 is 1.92 bits per heavy atom. The zero-order chi connectivity index (χ0) is 19.2. The van der Waals surface area contributed by atoms with Crippen molar-refractivity contribution in [1.82, 2.24) is 9.80 Å². The number of halogens is 1. The van der Waals surface area contributed by atoms with Gasteiger partial charge < -0.3 is 9.64 Å². The Bertz CT molecular complexity index is 460. The van der Waals surface area contributed by atoms with Gasteiger partial charge in [0.2, 0.25) is 0 Å². The molecular weight excluding hydrogens is 327 g/mol. The highest BCUT2D eigenvalue weighted by atomic mass is 19.1. The Hall–Kier alpha value is -0.190. The highest BCUT2D eigenvalue weighted by Gasteiger charge is 2.50. The highest BCUT2D eigenvalue weighted by Crippen LogP contribution is 2.52. The minimum atomic E-state index is -1.08. The van der Waals surface area contributed by atoms with Crippen molar-refractivity contribution in [3.63, 3.8) is 0 Å². The fourth-order valence-corrected chi connectivity index (χ4v) is 5.44. The maximum absolute atomic E-state index is 15.2. The van der Waals surface area contributed by atoms with Gasteiger partial charge in [0, 0.05) is 38.3 Å². The van der Waals surface area contributed by atoms with Crippen LogP contribution in [-0.4, -0.2) is 65.9 Å². The SMILES string of the molecule is CC(C)(C)OCC1(F)CC2CC(CN3CCN(C(C)(C)C)CC3)CC2C1. The number of ether oxygens (including phenoxy) is 1. The van der Waals surface area contributed by atoms with Crippen molar-refractivity contribution >= 4 is 0 Å². The van der Waals surface area contributed by atoms with Gasteiger partial charge in [0.1, 0.15) is 5.67 Å². The third-order valence-electron chi connectivity index (χ3n) is 6.80. The van der Waals surface area contributed by atoms with Crippen LogP contribution in [0, 0.1) is 17.8 Å². The van der Waals surface area contributed by atoms with E-state index in [9.17, 15) is 0 Å². The predicted molar refractivity (Wildman–Crippen MR) is 106 cm³/mol. The first-order valence-electron chi connectivity index (χ1n) is 10.7. The van der Waals surface area contributed by atoms with E-state index in [1.165, 1.54) is 45.6 Å². The van der Waals surface area contributed by atoms with E-state index in [1.807, 2.05) is 20.8 Å². The van der Waals surface area contributed by atoms with E-state index in [0.717, 1.165) is 18.8 Å². The van der Waals surface area contributed by atoms with Gasteiger partial charge in [0.25, 0.3) is 0 Å². The number of piperazine rings is 1. The summed E-state index contributed by atoms with van der Waals surface area (Å²) in [5, 5.41) is 0. The van der Waals surface area contributed by atoms with Crippen LogP contribution < -0.4 is 0 Å². The van der Waals surface area contributed by atoms with Gasteiger partial charge in [-0.3, -0.25) is 4.90 Å². The molecule has 0 amide bonds. The molecule has 152 valence electrons. The van der Waals surface area contributed by atoms with Gasteiger partial charge >= 0.3 is 0 Å². The molecule has 0 radical (unpaired) electrons. The van der Waals surface area contributed by atoms with E-state index in [1.54, 1.807) is 0 Å². The lowest BCUT2D eigenvalue weighted by molar-refractivity contribution is -0.0651. The van der Waals surface area contributed by atoms with Gasteiger partial charge in [-0.25, -0.2) is 4.39 Å². The highest BCUT2D eigenvalue weighted by molar-refractivity contribution is 5.00. The molecule has 0 aromatic carbocycles. The van der Waals surface area contributed by atoms with Crippen LogP contribution in [-0.2, 0) is 4.74 Å². The van der Waals surface area contributed by atoms with Crippen LogP contribution in [0.3, 0.4) is 0 Å². The molecule has 4 heteroatoms. The van der Waals surface area contributed by atoms with E-state index in [-0.39, 0.29) is 17.7 Å². The van der Waals surface area contributed by atoms with Gasteiger partial charge in [0.15, 0.2) is 0 Å². The summed E-state index contributed by atoms with van der Waals surface area (Å²) in [6, 6.07) is 0. The van der Waals surface area contributed by atoms with Crippen LogP contribution in [0.15, 0.2) is 0 Å². The molecule has 3 fully saturated rings. The molecule has 0 N–H and O–H groups in total. The Kier molecular flexibility index (Phi) is 5.79. The van der Waals surface area contributed by atoms with E-state index < -0.39 is 5.67 Å². The van der Waals surface area contributed by atoms with E-state index in [4.69, 9.17) is 4.74 Å². The monoisotopic (exact) mass is 368 g/mol. The number of fused-ring (bicyclic) bond motifs is 1. The van der Waals surface area contributed by atoms with E-state index in [0.29, 0.717) is 11.8 Å². The molecule has 1 saturated heterocycles. The lowest BCUT2D eigenvalue weighted by Crippen LogP contribution is -2.54. The molecule has 0 bridgehead atoms. The molecule has 1 aliphatic heterocycles. The maximum atomic E-state index is 15.2. The molecular formula is C22H41FN2O. The standard InChI is InChI=1S/C22H41FN2O/c1-20(2,3)25-9-7-24(8-10-25)15-17-11-18-13-22(23,14-19(18)12-17)16-26-21(4,5)6/h17-19H,7-16H2,1-6H3. The first kappa shape index (κ1) is 20.5. The minimum Gasteiger partial charge on any atom is -0.373 e. The van der Waals surface area contributed by atoms with Crippen molar-refractivity contribution in [3.8, 4) is 0 Å². The molecule has 2 unspecified atom stereocenters. The van der Waals surface area contributed by atoms with Crippen molar-refractivity contribution in [2.24, 2.45) is 17.8 Å². The zero-order valence-electron chi connectivity index (χ0n) is 18.0. The smallest absolute Gasteiger partial charge is 0.134 e. The summed E-state index contributed by atoms with van der Waals surface area (Å²) < 4.78 is 20.9. The second kappa shape index (κ2) is 7.33. The summed E-state index contributed by atoms with van der Waals surface area (Å²) in [6.45, 7) is 19.2. The number of hydrogen-bond acceptors (Lipinski definition) is 3. The number of alkyl halides is 1. The van der Waals surface area contributed by atoms with E-state index in [2.05, 4.69) is 30.6 Å². The summed E-state index contributed by atoms with van der Waals surface area (Å²) in [6.07, 6.45) is 3.90. The summed E-state index contributed by atoms with van der Waals surface area (Å²) in [5.74, 6) is 1.95. The second-order valence-corrected chi connectivity index (χ2v) is 11.3. The quantitative estimate of drug-likeness (QED) is 0.733. The minimum absolute atomic E-state index is 0.242. The summed E-state index contributed by atoms with van der Waals surface area (Å²) in [4.78, 5) is 5.25. The molecule has 2 saturated carbocycles. The van der Waals surface area contributed by atoms with Crippen LogP contribution >= 0.6 is 0 Å². The van der Waals surface area contributed by atoms with Crippen LogP contribution in [0.5, 0.6) is 0 Å². The predicted octanol–water partition coefficient (Wildman–Crippen LogP) is 4.36. The van der Waals surface area contributed by atoms with Crippen molar-refractivity contribution in [2.45, 2.75) is 84.0 Å². The molecule has 1 heterocycles.